The molecule has 1 aromatic rings. The molecule has 0 amide bonds. The van der Waals surface area contributed by atoms with E-state index in [0.29, 0.717) is 18.0 Å². The number of Topliss-reactive ketones (excluding diaryl/α,β-unsaturated/α-hetero) is 1. The fourth-order valence-corrected chi connectivity index (χ4v) is 4.42. The lowest BCUT2D eigenvalue weighted by molar-refractivity contribution is -0.145. The first-order valence-electron chi connectivity index (χ1n) is 10.5. The number of carbonyl (C=O) groups is 2. The third-order valence-corrected chi connectivity index (χ3v) is 6.08. The lowest BCUT2D eigenvalue weighted by Gasteiger charge is -2.35. The van der Waals surface area contributed by atoms with Gasteiger partial charge in [-0.05, 0) is 44.6 Å². The number of rotatable bonds is 4. The van der Waals surface area contributed by atoms with Crippen LogP contribution in [0.3, 0.4) is 0 Å². The molecule has 0 radical (unpaired) electrons. The van der Waals surface area contributed by atoms with Crippen LogP contribution in [0, 0.1) is 35.3 Å². The van der Waals surface area contributed by atoms with Crippen LogP contribution in [0.25, 0.3) is 0 Å². The summed E-state index contributed by atoms with van der Waals surface area (Å²) in [6.07, 6.45) is 7.03. The Balaban J connectivity index is 1.74. The van der Waals surface area contributed by atoms with E-state index in [2.05, 4.69) is 11.8 Å². The summed E-state index contributed by atoms with van der Waals surface area (Å²) in [5, 5.41) is 0. The Bertz CT molecular complexity index is 892. The lowest BCUT2D eigenvalue weighted by atomic mass is 9.88. The molecule has 2 aliphatic carbocycles. The molecule has 1 atom stereocenters. The van der Waals surface area contributed by atoms with Crippen molar-refractivity contribution in [1.82, 2.24) is 0 Å². The zero-order valence-electron chi connectivity index (χ0n) is 16.6. The zero-order chi connectivity index (χ0) is 20.5. The molecule has 0 bridgehead atoms. The van der Waals surface area contributed by atoms with Gasteiger partial charge in [-0.3, -0.25) is 9.59 Å². The minimum Gasteiger partial charge on any atom is -0.465 e. The minimum absolute atomic E-state index is 0.0327. The largest absolute Gasteiger partial charge is 0.465 e. The number of nitrogens with zero attached hydrogens (tertiary/aromatic N) is 1. The molecule has 29 heavy (non-hydrogen) atoms. The normalized spacial score (nSPS) is 21.6. The van der Waals surface area contributed by atoms with Crippen LogP contribution in [-0.2, 0) is 9.53 Å². The summed E-state index contributed by atoms with van der Waals surface area (Å²) in [4.78, 5) is 27.1. The standard InChI is InChI=1S/C23H25F2NO3/c1-2-29-23(28)18-13-26(15-10-11-15)21-16(9-5-8-14-6-3-4-7-14)20(25)19(24)12-17(21)22(18)27/h12,14-15,18H,2-4,6-8,10-11,13H2,1H3. The summed E-state index contributed by atoms with van der Waals surface area (Å²) < 4.78 is 34.1. The zero-order valence-corrected chi connectivity index (χ0v) is 16.6. The monoisotopic (exact) mass is 401 g/mol. The van der Waals surface area contributed by atoms with Crippen LogP contribution in [0.4, 0.5) is 14.5 Å². The topological polar surface area (TPSA) is 46.6 Å². The average Bonchev–Trinajstić information content (AvgIpc) is 3.41. The summed E-state index contributed by atoms with van der Waals surface area (Å²) in [5.41, 5.74) is 0.321. The third kappa shape index (κ3) is 3.88. The quantitative estimate of drug-likeness (QED) is 0.430. The van der Waals surface area contributed by atoms with E-state index in [0.717, 1.165) is 31.7 Å². The van der Waals surface area contributed by atoms with E-state index in [1.54, 1.807) is 6.92 Å². The summed E-state index contributed by atoms with van der Waals surface area (Å²) in [6.45, 7) is 1.96. The molecule has 4 rings (SSSR count). The van der Waals surface area contributed by atoms with Gasteiger partial charge in [-0.15, -0.1) is 0 Å². The van der Waals surface area contributed by atoms with Crippen LogP contribution < -0.4 is 4.90 Å². The molecule has 4 nitrogen and oxygen atoms in total. The summed E-state index contributed by atoms with van der Waals surface area (Å²) in [6, 6.07) is 1.02. The molecule has 0 saturated heterocycles. The van der Waals surface area contributed by atoms with Crippen LogP contribution >= 0.6 is 0 Å². The Kier molecular flexibility index (Phi) is 5.58. The van der Waals surface area contributed by atoms with Gasteiger partial charge < -0.3 is 9.64 Å². The van der Waals surface area contributed by atoms with Gasteiger partial charge in [-0.2, -0.15) is 0 Å². The van der Waals surface area contributed by atoms with E-state index in [4.69, 9.17) is 4.74 Å². The van der Waals surface area contributed by atoms with Gasteiger partial charge in [-0.25, -0.2) is 8.78 Å². The minimum atomic E-state index is -1.11. The van der Waals surface area contributed by atoms with Gasteiger partial charge >= 0.3 is 5.97 Å². The Morgan fingerprint density at radius 1 is 1.24 bits per heavy atom. The van der Waals surface area contributed by atoms with Gasteiger partial charge in [0.2, 0.25) is 0 Å². The second-order valence-electron chi connectivity index (χ2n) is 8.15. The molecular formula is C23H25F2NO3. The molecule has 2 fully saturated rings. The van der Waals surface area contributed by atoms with Crippen molar-refractivity contribution in [3.63, 3.8) is 0 Å². The Morgan fingerprint density at radius 3 is 2.62 bits per heavy atom. The number of carbonyl (C=O) groups excluding carboxylic acids is 2. The van der Waals surface area contributed by atoms with Crippen molar-refractivity contribution >= 4 is 17.4 Å². The highest BCUT2D eigenvalue weighted by atomic mass is 19.2. The van der Waals surface area contributed by atoms with Crippen molar-refractivity contribution in [3.8, 4) is 11.8 Å². The number of ketones is 1. The van der Waals surface area contributed by atoms with Crippen LogP contribution in [0.5, 0.6) is 0 Å². The Morgan fingerprint density at radius 2 is 1.97 bits per heavy atom. The van der Waals surface area contributed by atoms with E-state index in [1.807, 2.05) is 4.90 Å². The van der Waals surface area contributed by atoms with E-state index < -0.39 is 29.3 Å². The molecule has 1 aromatic carbocycles. The van der Waals surface area contributed by atoms with Crippen molar-refractivity contribution < 1.29 is 23.1 Å². The molecule has 1 aliphatic heterocycles. The number of halogens is 2. The molecule has 1 unspecified atom stereocenters. The van der Waals surface area contributed by atoms with E-state index in [-0.39, 0.29) is 30.3 Å². The molecule has 154 valence electrons. The first-order valence-corrected chi connectivity index (χ1v) is 10.5. The SMILES string of the molecule is CCOC(=O)C1CN(C2CC2)c2c(cc(F)c(F)c2C#CCC2CCCC2)C1=O. The lowest BCUT2D eigenvalue weighted by Crippen LogP contribution is -2.45. The second-order valence-corrected chi connectivity index (χ2v) is 8.15. The maximum absolute atomic E-state index is 14.7. The highest BCUT2D eigenvalue weighted by molar-refractivity contribution is 6.14. The number of esters is 1. The fraction of sp³-hybridized carbons (Fsp3) is 0.565. The molecule has 0 N–H and O–H groups in total. The van der Waals surface area contributed by atoms with E-state index in [1.165, 1.54) is 12.8 Å². The number of hydrogen-bond donors (Lipinski definition) is 0. The highest BCUT2D eigenvalue weighted by Gasteiger charge is 2.44. The first-order chi connectivity index (χ1) is 14.0. The van der Waals surface area contributed by atoms with Gasteiger partial charge in [0, 0.05) is 24.6 Å². The fourth-order valence-electron chi connectivity index (χ4n) is 4.42. The predicted octanol–water partition coefficient (Wildman–Crippen LogP) is 4.24. The predicted molar refractivity (Wildman–Crippen MR) is 105 cm³/mol. The Labute approximate surface area is 169 Å². The molecule has 6 heteroatoms. The first kappa shape index (κ1) is 19.9. The number of anilines is 1. The van der Waals surface area contributed by atoms with Gasteiger partial charge in [0.1, 0.15) is 5.92 Å². The van der Waals surface area contributed by atoms with Gasteiger partial charge in [-0.1, -0.05) is 24.7 Å². The number of hydrogen-bond acceptors (Lipinski definition) is 4. The maximum Gasteiger partial charge on any atom is 0.318 e. The van der Waals surface area contributed by atoms with E-state index in [9.17, 15) is 18.4 Å². The third-order valence-electron chi connectivity index (χ3n) is 6.08. The average molecular weight is 401 g/mol. The maximum atomic E-state index is 14.7. The number of ether oxygens (including phenoxy) is 1. The van der Waals surface area contributed by atoms with Crippen LogP contribution in [-0.4, -0.2) is 30.9 Å². The van der Waals surface area contributed by atoms with Crippen molar-refractivity contribution in [1.29, 1.82) is 0 Å². The summed E-state index contributed by atoms with van der Waals surface area (Å²) >= 11 is 0. The van der Waals surface area contributed by atoms with E-state index >= 15 is 0 Å². The van der Waals surface area contributed by atoms with Gasteiger partial charge in [0.25, 0.3) is 0 Å². The molecule has 0 aromatic heterocycles. The van der Waals surface area contributed by atoms with Gasteiger partial charge in [0.05, 0.1) is 17.9 Å². The Hall–Kier alpha value is -2.42. The second kappa shape index (κ2) is 8.14. The number of benzene rings is 1. The van der Waals surface area contributed by atoms with Gasteiger partial charge in [0.15, 0.2) is 17.4 Å². The summed E-state index contributed by atoms with van der Waals surface area (Å²) in [5.74, 6) is 2.08. The van der Waals surface area contributed by atoms with Crippen molar-refractivity contribution in [3.05, 3.63) is 28.8 Å². The summed E-state index contributed by atoms with van der Waals surface area (Å²) in [7, 11) is 0. The molecule has 3 aliphatic rings. The molecule has 2 saturated carbocycles. The van der Waals surface area contributed by atoms with Crippen molar-refractivity contribution in [2.45, 2.75) is 57.9 Å². The molecular weight excluding hydrogens is 376 g/mol. The smallest absolute Gasteiger partial charge is 0.318 e. The van der Waals surface area contributed by atoms with Crippen LogP contribution in [0.15, 0.2) is 6.07 Å². The molecule has 1 heterocycles. The molecule has 0 spiro atoms. The van der Waals surface area contributed by atoms with Crippen molar-refractivity contribution in [2.24, 2.45) is 11.8 Å². The van der Waals surface area contributed by atoms with Crippen LogP contribution in [0.1, 0.15) is 67.8 Å². The highest BCUT2D eigenvalue weighted by Crippen LogP contribution is 2.42. The number of fused-ring (bicyclic) bond motifs is 1. The van der Waals surface area contributed by atoms with Crippen LogP contribution in [0.2, 0.25) is 0 Å². The van der Waals surface area contributed by atoms with Crippen molar-refractivity contribution in [2.75, 3.05) is 18.1 Å².